The molecule has 1 aromatic rings. The quantitative estimate of drug-likeness (QED) is 0.670. The normalized spacial score (nSPS) is 9.62. The number of phenols is 1. The fraction of sp³-hybridized carbons (Fsp3) is 0.200. The van der Waals surface area contributed by atoms with Gasteiger partial charge in [0.2, 0.25) is 0 Å². The largest absolute Gasteiger partial charge is 0.507 e. The maximum atomic E-state index is 9.34. The first-order valence-corrected chi connectivity index (χ1v) is 4.12. The molecule has 3 nitrogen and oxygen atoms in total. The number of phenolic OH excluding ortho intramolecular Hbond substituents is 1. The number of quaternary nitrogens is 1. The van der Waals surface area contributed by atoms with Gasteiger partial charge in [-0.3, -0.25) is 0 Å². The molecule has 0 atom stereocenters. The van der Waals surface area contributed by atoms with Gasteiger partial charge >= 0.3 is 0 Å². The van der Waals surface area contributed by atoms with Crippen LogP contribution in [0.4, 0.5) is 0 Å². The van der Waals surface area contributed by atoms with E-state index in [1.54, 1.807) is 24.3 Å². The molecule has 0 bridgehead atoms. The van der Waals surface area contributed by atoms with Crippen LogP contribution in [0.3, 0.4) is 0 Å². The third-order valence-electron chi connectivity index (χ3n) is 1.69. The lowest BCUT2D eigenvalue weighted by atomic mass is 10.2. The molecule has 0 aliphatic heterocycles. The molecule has 0 fully saturated rings. The first-order valence-electron chi connectivity index (χ1n) is 4.12. The van der Waals surface area contributed by atoms with Crippen LogP contribution in [-0.2, 0) is 6.54 Å². The SMILES string of the molecule is C=CCOc1ccc(O)c(C[NH3+])c1. The molecule has 4 N–H and O–H groups in total. The van der Waals surface area contributed by atoms with Gasteiger partial charge in [0.1, 0.15) is 24.7 Å². The Morgan fingerprint density at radius 3 is 2.92 bits per heavy atom. The minimum atomic E-state index is 0.265. The molecule has 0 unspecified atom stereocenters. The van der Waals surface area contributed by atoms with Crippen LogP contribution in [0.15, 0.2) is 30.9 Å². The van der Waals surface area contributed by atoms with Gasteiger partial charge in [-0.2, -0.15) is 0 Å². The lowest BCUT2D eigenvalue weighted by molar-refractivity contribution is -0.386. The van der Waals surface area contributed by atoms with Crippen molar-refractivity contribution in [2.24, 2.45) is 0 Å². The Morgan fingerprint density at radius 2 is 2.31 bits per heavy atom. The molecule has 0 aliphatic carbocycles. The molecular formula is C10H14NO2+. The summed E-state index contributed by atoms with van der Waals surface area (Å²) in [6.45, 7) is 4.58. The lowest BCUT2D eigenvalue weighted by Gasteiger charge is -2.05. The van der Waals surface area contributed by atoms with Gasteiger partial charge in [0.05, 0.1) is 5.56 Å². The summed E-state index contributed by atoms with van der Waals surface area (Å²) in [7, 11) is 0. The smallest absolute Gasteiger partial charge is 0.124 e. The summed E-state index contributed by atoms with van der Waals surface area (Å²) in [6, 6.07) is 5.11. The van der Waals surface area contributed by atoms with Crippen molar-refractivity contribution >= 4 is 0 Å². The molecule has 1 aromatic carbocycles. The Kier molecular flexibility index (Phi) is 3.34. The van der Waals surface area contributed by atoms with Crippen molar-refractivity contribution in [3.63, 3.8) is 0 Å². The van der Waals surface area contributed by atoms with E-state index in [0.29, 0.717) is 13.2 Å². The number of aromatic hydroxyl groups is 1. The third kappa shape index (κ3) is 2.49. The van der Waals surface area contributed by atoms with Crippen LogP contribution in [0.25, 0.3) is 0 Å². The highest BCUT2D eigenvalue weighted by atomic mass is 16.5. The average Bonchev–Trinajstić information content (AvgIpc) is 2.16. The van der Waals surface area contributed by atoms with E-state index >= 15 is 0 Å². The Labute approximate surface area is 77.4 Å². The van der Waals surface area contributed by atoms with E-state index < -0.39 is 0 Å². The summed E-state index contributed by atoms with van der Waals surface area (Å²) in [5, 5.41) is 9.34. The Balaban J connectivity index is 2.79. The molecule has 70 valence electrons. The fourth-order valence-electron chi connectivity index (χ4n) is 1.01. The van der Waals surface area contributed by atoms with Crippen molar-refractivity contribution in [3.05, 3.63) is 36.4 Å². The maximum Gasteiger partial charge on any atom is 0.124 e. The van der Waals surface area contributed by atoms with Gasteiger partial charge in [-0.1, -0.05) is 12.7 Å². The van der Waals surface area contributed by atoms with Crippen molar-refractivity contribution in [2.75, 3.05) is 6.61 Å². The summed E-state index contributed by atoms with van der Waals surface area (Å²) in [4.78, 5) is 0. The Bertz CT molecular complexity index is 297. The topological polar surface area (TPSA) is 57.1 Å². The zero-order valence-electron chi connectivity index (χ0n) is 7.49. The van der Waals surface area contributed by atoms with E-state index in [2.05, 4.69) is 12.3 Å². The van der Waals surface area contributed by atoms with Crippen molar-refractivity contribution in [1.82, 2.24) is 0 Å². The Morgan fingerprint density at radius 1 is 1.54 bits per heavy atom. The minimum Gasteiger partial charge on any atom is -0.507 e. The van der Waals surface area contributed by atoms with Gasteiger partial charge < -0.3 is 15.6 Å². The molecular weight excluding hydrogens is 166 g/mol. The second-order valence-corrected chi connectivity index (χ2v) is 2.64. The average molecular weight is 180 g/mol. The van der Waals surface area contributed by atoms with Gasteiger partial charge in [0.25, 0.3) is 0 Å². The van der Waals surface area contributed by atoms with Crippen LogP contribution >= 0.6 is 0 Å². The molecule has 1 rings (SSSR count). The zero-order chi connectivity index (χ0) is 9.68. The molecule has 0 saturated carbocycles. The summed E-state index contributed by atoms with van der Waals surface area (Å²) < 4.78 is 5.30. The van der Waals surface area contributed by atoms with E-state index in [-0.39, 0.29) is 5.75 Å². The van der Waals surface area contributed by atoms with E-state index in [4.69, 9.17) is 4.74 Å². The number of rotatable bonds is 4. The van der Waals surface area contributed by atoms with Gasteiger partial charge in [0, 0.05) is 0 Å². The van der Waals surface area contributed by atoms with Gasteiger partial charge in [-0.25, -0.2) is 0 Å². The molecule has 0 aliphatic rings. The fourth-order valence-corrected chi connectivity index (χ4v) is 1.01. The predicted octanol–water partition coefficient (Wildman–Crippen LogP) is 0.699. The van der Waals surface area contributed by atoms with Gasteiger partial charge in [0.15, 0.2) is 0 Å². The van der Waals surface area contributed by atoms with Crippen LogP contribution in [-0.4, -0.2) is 11.7 Å². The summed E-state index contributed by atoms with van der Waals surface area (Å²) >= 11 is 0. The van der Waals surface area contributed by atoms with Crippen LogP contribution in [0, 0.1) is 0 Å². The van der Waals surface area contributed by atoms with E-state index in [0.717, 1.165) is 11.3 Å². The zero-order valence-corrected chi connectivity index (χ0v) is 7.49. The maximum absolute atomic E-state index is 9.34. The molecule has 0 spiro atoms. The van der Waals surface area contributed by atoms with E-state index in [1.807, 2.05) is 0 Å². The predicted molar refractivity (Wildman–Crippen MR) is 50.4 cm³/mol. The summed E-state index contributed by atoms with van der Waals surface area (Å²) in [5.74, 6) is 0.998. The molecule has 0 amide bonds. The summed E-state index contributed by atoms with van der Waals surface area (Å²) in [5.41, 5.74) is 4.50. The number of benzene rings is 1. The highest BCUT2D eigenvalue weighted by Gasteiger charge is 2.02. The van der Waals surface area contributed by atoms with Crippen LogP contribution < -0.4 is 10.5 Å². The van der Waals surface area contributed by atoms with Crippen molar-refractivity contribution in [1.29, 1.82) is 0 Å². The highest BCUT2D eigenvalue weighted by Crippen LogP contribution is 2.21. The highest BCUT2D eigenvalue weighted by molar-refractivity contribution is 5.38. The first kappa shape index (κ1) is 9.61. The van der Waals surface area contributed by atoms with Gasteiger partial charge in [-0.05, 0) is 18.2 Å². The second-order valence-electron chi connectivity index (χ2n) is 2.64. The molecule has 3 heteroatoms. The van der Waals surface area contributed by atoms with Crippen LogP contribution in [0.2, 0.25) is 0 Å². The molecule has 0 radical (unpaired) electrons. The Hall–Kier alpha value is -1.48. The lowest BCUT2D eigenvalue weighted by Crippen LogP contribution is -2.47. The van der Waals surface area contributed by atoms with Crippen molar-refractivity contribution in [3.8, 4) is 11.5 Å². The molecule has 0 aromatic heterocycles. The first-order chi connectivity index (χ1) is 6.27. The van der Waals surface area contributed by atoms with Crippen molar-refractivity contribution < 1.29 is 15.6 Å². The van der Waals surface area contributed by atoms with E-state index in [9.17, 15) is 5.11 Å². The minimum absolute atomic E-state index is 0.265. The molecule has 0 heterocycles. The van der Waals surface area contributed by atoms with E-state index in [1.165, 1.54) is 0 Å². The summed E-state index contributed by atoms with van der Waals surface area (Å²) in [6.07, 6.45) is 1.68. The monoisotopic (exact) mass is 180 g/mol. The molecule has 0 saturated heterocycles. The number of hydrogen-bond acceptors (Lipinski definition) is 2. The van der Waals surface area contributed by atoms with Crippen LogP contribution in [0.1, 0.15) is 5.56 Å². The second kappa shape index (κ2) is 4.52. The van der Waals surface area contributed by atoms with Gasteiger partial charge in [-0.15, -0.1) is 0 Å². The third-order valence-corrected chi connectivity index (χ3v) is 1.69. The number of ether oxygens (including phenoxy) is 1. The number of hydrogen-bond donors (Lipinski definition) is 2. The van der Waals surface area contributed by atoms with Crippen LogP contribution in [0.5, 0.6) is 11.5 Å². The molecule has 13 heavy (non-hydrogen) atoms. The van der Waals surface area contributed by atoms with Crippen molar-refractivity contribution in [2.45, 2.75) is 6.54 Å². The standard InChI is InChI=1S/C10H13NO2/c1-2-5-13-9-3-4-10(12)8(6-9)7-11/h2-4,6,12H,1,5,7,11H2/p+1.